The monoisotopic (exact) mass is 473 g/mol. The number of non-ortho nitro benzene ring substituents is 1. The maximum atomic E-state index is 12.1. The predicted octanol–water partition coefficient (Wildman–Crippen LogP) is 4.68. The van der Waals surface area contributed by atoms with Crippen LogP contribution in [0.5, 0.6) is 0 Å². The Hall–Kier alpha value is -2.76. The van der Waals surface area contributed by atoms with Crippen molar-refractivity contribution in [2.24, 2.45) is 5.10 Å². The van der Waals surface area contributed by atoms with Gasteiger partial charge < -0.3 is 0 Å². The van der Waals surface area contributed by atoms with Gasteiger partial charge in [0.2, 0.25) is 0 Å². The van der Waals surface area contributed by atoms with Crippen molar-refractivity contribution >= 4 is 52.2 Å². The first-order chi connectivity index (χ1) is 14.9. The summed E-state index contributed by atoms with van der Waals surface area (Å²) in [5, 5.41) is 23.0. The molecule has 0 fully saturated rings. The van der Waals surface area contributed by atoms with E-state index in [1.165, 1.54) is 46.4 Å². The largest absolute Gasteiger partial charge is 0.272 e. The Morgan fingerprint density at radius 1 is 1.10 bits per heavy atom. The van der Waals surface area contributed by atoms with E-state index in [2.05, 4.69) is 51.9 Å². The summed E-state index contributed by atoms with van der Waals surface area (Å²) < 4.78 is 1.58. The molecule has 0 aliphatic heterocycles. The van der Waals surface area contributed by atoms with Crippen molar-refractivity contribution in [3.8, 4) is 0 Å². The molecule has 3 rings (SSSR count). The lowest BCUT2D eigenvalue weighted by atomic mass is 10.1. The lowest BCUT2D eigenvalue weighted by Crippen LogP contribution is -2.21. The second kappa shape index (κ2) is 11.0. The van der Waals surface area contributed by atoms with Crippen LogP contribution >= 0.6 is 34.9 Å². The molecule has 0 radical (unpaired) electrons. The van der Waals surface area contributed by atoms with Crippen LogP contribution in [-0.4, -0.2) is 32.5 Å². The molecule has 3 aromatic rings. The Balaban J connectivity index is 1.44. The van der Waals surface area contributed by atoms with Gasteiger partial charge in [-0.2, -0.15) is 5.10 Å². The molecule has 1 amide bonds. The van der Waals surface area contributed by atoms with Gasteiger partial charge in [-0.15, -0.1) is 10.2 Å². The molecule has 11 heteroatoms. The molecule has 31 heavy (non-hydrogen) atoms. The number of carbonyl (C=O) groups excluding carboxylic acids is 1. The van der Waals surface area contributed by atoms with Crippen LogP contribution < -0.4 is 5.43 Å². The SMILES string of the molecule is C/C(=N\NC(=O)CSc1nnc(SCc2ccc(C)cc2)s1)c1ccc([N+](=O)[O-])cc1. The van der Waals surface area contributed by atoms with E-state index in [0.717, 1.165) is 14.4 Å². The molecule has 0 saturated heterocycles. The molecule has 8 nitrogen and oxygen atoms in total. The average Bonchev–Trinajstić information content (AvgIpc) is 3.23. The van der Waals surface area contributed by atoms with Gasteiger partial charge in [0.05, 0.1) is 16.4 Å². The van der Waals surface area contributed by atoms with Gasteiger partial charge >= 0.3 is 0 Å². The van der Waals surface area contributed by atoms with Gasteiger partial charge in [0, 0.05) is 17.9 Å². The number of carbonyl (C=O) groups is 1. The fourth-order valence-corrected chi connectivity index (χ4v) is 5.11. The molecule has 0 atom stereocenters. The topological polar surface area (TPSA) is 110 Å². The summed E-state index contributed by atoms with van der Waals surface area (Å²) in [5.41, 5.74) is 6.20. The third kappa shape index (κ3) is 7.16. The van der Waals surface area contributed by atoms with Gasteiger partial charge in [0.15, 0.2) is 8.68 Å². The third-order valence-corrected chi connectivity index (χ3v) is 7.30. The van der Waals surface area contributed by atoms with Gasteiger partial charge in [-0.05, 0) is 37.1 Å². The Morgan fingerprint density at radius 2 is 1.74 bits per heavy atom. The van der Waals surface area contributed by atoms with E-state index in [0.29, 0.717) is 11.3 Å². The molecule has 0 saturated carbocycles. The standard InChI is InChI=1S/C20H19N5O3S3/c1-13-3-5-15(6-4-13)11-29-19-23-24-20(31-19)30-12-18(26)22-21-14(2)16-7-9-17(10-8-16)25(27)28/h3-10H,11-12H2,1-2H3,(H,22,26)/b21-14+. The second-order valence-electron chi connectivity index (χ2n) is 6.43. The maximum Gasteiger partial charge on any atom is 0.269 e. The number of benzene rings is 2. The number of hydrogen-bond donors (Lipinski definition) is 1. The minimum Gasteiger partial charge on any atom is -0.272 e. The first-order valence-electron chi connectivity index (χ1n) is 9.13. The Labute approximate surface area is 191 Å². The smallest absolute Gasteiger partial charge is 0.269 e. The molecular formula is C20H19N5O3S3. The van der Waals surface area contributed by atoms with Crippen LogP contribution in [0.1, 0.15) is 23.6 Å². The zero-order valence-electron chi connectivity index (χ0n) is 16.8. The number of hydrogen-bond acceptors (Lipinski definition) is 9. The molecule has 0 aliphatic carbocycles. The zero-order chi connectivity index (χ0) is 22.2. The molecule has 1 heterocycles. The van der Waals surface area contributed by atoms with Gasteiger partial charge in [-0.25, -0.2) is 5.43 Å². The van der Waals surface area contributed by atoms with Crippen LogP contribution in [0, 0.1) is 17.0 Å². The number of nitrogens with one attached hydrogen (secondary N) is 1. The van der Waals surface area contributed by atoms with Crippen molar-refractivity contribution in [3.05, 3.63) is 75.3 Å². The molecule has 1 aromatic heterocycles. The minimum absolute atomic E-state index is 0.00504. The zero-order valence-corrected chi connectivity index (χ0v) is 19.2. The number of rotatable bonds is 9. The van der Waals surface area contributed by atoms with Crippen molar-refractivity contribution in [1.82, 2.24) is 15.6 Å². The van der Waals surface area contributed by atoms with Gasteiger partial charge in [0.25, 0.3) is 11.6 Å². The van der Waals surface area contributed by atoms with Crippen LogP contribution in [0.2, 0.25) is 0 Å². The van der Waals surface area contributed by atoms with Crippen molar-refractivity contribution in [3.63, 3.8) is 0 Å². The first kappa shape index (κ1) is 22.9. The molecule has 160 valence electrons. The molecule has 0 unspecified atom stereocenters. The van der Waals surface area contributed by atoms with E-state index >= 15 is 0 Å². The number of thioether (sulfide) groups is 2. The van der Waals surface area contributed by atoms with Crippen LogP contribution in [-0.2, 0) is 10.5 Å². The lowest BCUT2D eigenvalue weighted by molar-refractivity contribution is -0.384. The maximum absolute atomic E-state index is 12.1. The van der Waals surface area contributed by atoms with E-state index in [-0.39, 0.29) is 17.3 Å². The van der Waals surface area contributed by atoms with Crippen LogP contribution in [0.25, 0.3) is 0 Å². The van der Waals surface area contributed by atoms with Gasteiger partial charge in [0.1, 0.15) is 0 Å². The normalized spacial score (nSPS) is 11.4. The van der Waals surface area contributed by atoms with Gasteiger partial charge in [-0.3, -0.25) is 14.9 Å². The van der Waals surface area contributed by atoms with Crippen molar-refractivity contribution < 1.29 is 9.72 Å². The third-order valence-electron chi connectivity index (χ3n) is 4.04. The highest BCUT2D eigenvalue weighted by molar-refractivity contribution is 8.03. The summed E-state index contributed by atoms with van der Waals surface area (Å²) in [4.78, 5) is 22.3. The average molecular weight is 474 g/mol. The van der Waals surface area contributed by atoms with Crippen LogP contribution in [0.3, 0.4) is 0 Å². The molecule has 1 N–H and O–H groups in total. The minimum atomic E-state index is -0.463. The van der Waals surface area contributed by atoms with E-state index in [4.69, 9.17) is 0 Å². The number of aromatic nitrogens is 2. The quantitative estimate of drug-likeness (QED) is 0.208. The Kier molecular flexibility index (Phi) is 8.15. The summed E-state index contributed by atoms with van der Waals surface area (Å²) in [5.74, 6) is 0.709. The molecular weight excluding hydrogens is 454 g/mol. The Bertz CT molecular complexity index is 1080. The molecule has 0 bridgehead atoms. The number of aryl methyl sites for hydroxylation is 1. The predicted molar refractivity (Wildman–Crippen MR) is 125 cm³/mol. The summed E-state index contributed by atoms with van der Waals surface area (Å²) in [6.45, 7) is 3.78. The van der Waals surface area contributed by atoms with Gasteiger partial charge in [-0.1, -0.05) is 64.7 Å². The first-order valence-corrected chi connectivity index (χ1v) is 11.9. The number of nitro benzene ring substituents is 1. The van der Waals surface area contributed by atoms with E-state index in [1.54, 1.807) is 30.8 Å². The lowest BCUT2D eigenvalue weighted by Gasteiger charge is -2.02. The van der Waals surface area contributed by atoms with E-state index in [9.17, 15) is 14.9 Å². The van der Waals surface area contributed by atoms with E-state index in [1.807, 2.05) is 0 Å². The highest BCUT2D eigenvalue weighted by atomic mass is 32.2. The fourth-order valence-electron chi connectivity index (χ4n) is 2.34. The number of hydrazone groups is 1. The van der Waals surface area contributed by atoms with Crippen molar-refractivity contribution in [2.75, 3.05) is 5.75 Å². The summed E-state index contributed by atoms with van der Waals surface area (Å²) in [6.07, 6.45) is 0. The highest BCUT2D eigenvalue weighted by Gasteiger charge is 2.10. The molecule has 0 aliphatic rings. The Morgan fingerprint density at radius 3 is 2.39 bits per heavy atom. The number of nitro groups is 1. The number of nitrogens with zero attached hydrogens (tertiary/aromatic N) is 4. The van der Waals surface area contributed by atoms with Crippen molar-refractivity contribution in [1.29, 1.82) is 0 Å². The van der Waals surface area contributed by atoms with Crippen LogP contribution in [0.4, 0.5) is 5.69 Å². The molecule has 0 spiro atoms. The highest BCUT2D eigenvalue weighted by Crippen LogP contribution is 2.30. The van der Waals surface area contributed by atoms with Crippen molar-refractivity contribution in [2.45, 2.75) is 28.3 Å². The van der Waals surface area contributed by atoms with E-state index < -0.39 is 4.92 Å². The second-order valence-corrected chi connectivity index (χ2v) is 9.86. The molecule has 2 aromatic carbocycles. The van der Waals surface area contributed by atoms with Crippen LogP contribution in [0.15, 0.2) is 62.3 Å². The summed E-state index contributed by atoms with van der Waals surface area (Å²) >= 11 is 4.37. The number of amides is 1. The summed E-state index contributed by atoms with van der Waals surface area (Å²) in [7, 11) is 0. The fraction of sp³-hybridized carbons (Fsp3) is 0.200. The summed E-state index contributed by atoms with van der Waals surface area (Å²) in [6, 6.07) is 14.4.